The molecular formula is C68H49BN2. The molecule has 2 aliphatic rings. The van der Waals surface area contributed by atoms with Crippen molar-refractivity contribution < 1.29 is 0 Å². The van der Waals surface area contributed by atoms with Gasteiger partial charge >= 0.3 is 0 Å². The molecule has 0 bridgehead atoms. The van der Waals surface area contributed by atoms with Crippen LogP contribution >= 0.6 is 0 Å². The number of rotatable bonds is 8. The molecule has 11 aromatic rings. The first-order chi connectivity index (χ1) is 35.1. The molecule has 0 amide bonds. The van der Waals surface area contributed by atoms with Crippen molar-refractivity contribution in [1.29, 1.82) is 0 Å². The molecule has 334 valence electrons. The van der Waals surface area contributed by atoms with E-state index in [1.54, 1.807) is 0 Å². The zero-order valence-electron chi connectivity index (χ0n) is 39.8. The van der Waals surface area contributed by atoms with Gasteiger partial charge in [0, 0.05) is 45.0 Å². The van der Waals surface area contributed by atoms with Crippen molar-refractivity contribution in [2.75, 3.05) is 9.80 Å². The maximum atomic E-state index is 2.61. The molecule has 2 nitrogen and oxygen atoms in total. The highest BCUT2D eigenvalue weighted by atomic mass is 15.2. The van der Waals surface area contributed by atoms with Gasteiger partial charge in [-0.1, -0.05) is 237 Å². The van der Waals surface area contributed by atoms with Gasteiger partial charge in [-0.2, -0.15) is 0 Å². The lowest BCUT2D eigenvalue weighted by Gasteiger charge is -2.45. The van der Waals surface area contributed by atoms with Crippen LogP contribution in [0.25, 0.3) is 66.8 Å². The summed E-state index contributed by atoms with van der Waals surface area (Å²) in [5.74, 6) is 0. The van der Waals surface area contributed by atoms with Gasteiger partial charge < -0.3 is 9.80 Å². The molecule has 2 heterocycles. The highest BCUT2D eigenvalue weighted by molar-refractivity contribution is 7.00. The third-order valence-corrected chi connectivity index (χ3v) is 14.8. The van der Waals surface area contributed by atoms with E-state index in [1.807, 2.05) is 0 Å². The summed E-state index contributed by atoms with van der Waals surface area (Å²) in [5.41, 5.74) is 27.7. The second-order valence-corrected chi connectivity index (χ2v) is 18.8. The smallest absolute Gasteiger partial charge is 0.252 e. The van der Waals surface area contributed by atoms with Crippen molar-refractivity contribution >= 4 is 57.2 Å². The van der Waals surface area contributed by atoms with Crippen LogP contribution in [0, 0.1) is 13.8 Å². The molecule has 3 heteroatoms. The van der Waals surface area contributed by atoms with Gasteiger partial charge in [-0.05, 0) is 110 Å². The highest BCUT2D eigenvalue weighted by Crippen LogP contribution is 2.54. The summed E-state index contributed by atoms with van der Waals surface area (Å²) in [5, 5.41) is 0. The van der Waals surface area contributed by atoms with Crippen LogP contribution in [-0.2, 0) is 0 Å². The van der Waals surface area contributed by atoms with Crippen LogP contribution in [0.3, 0.4) is 0 Å². The van der Waals surface area contributed by atoms with E-state index in [2.05, 4.69) is 285 Å². The molecule has 71 heavy (non-hydrogen) atoms. The summed E-state index contributed by atoms with van der Waals surface area (Å²) in [6.07, 6.45) is 0. The van der Waals surface area contributed by atoms with Crippen LogP contribution in [0.2, 0.25) is 0 Å². The van der Waals surface area contributed by atoms with Crippen LogP contribution in [0.5, 0.6) is 0 Å². The molecule has 0 spiro atoms. The number of fused-ring (bicyclic) bond motifs is 4. The lowest BCUT2D eigenvalue weighted by atomic mass is 9.33. The Morgan fingerprint density at radius 2 is 0.535 bits per heavy atom. The lowest BCUT2D eigenvalue weighted by molar-refractivity contribution is 1.25. The Bertz CT molecular complexity index is 3570. The van der Waals surface area contributed by atoms with Crippen molar-refractivity contribution in [3.05, 3.63) is 272 Å². The van der Waals surface area contributed by atoms with Gasteiger partial charge in [-0.15, -0.1) is 0 Å². The predicted octanol–water partition coefficient (Wildman–Crippen LogP) is 16.4. The SMILES string of the molecule is Cc1ccccc1-c1cccc(-c2ccccc2-c2ccccc2)c1N1c2ccccc2B2c3ccccc3N(c3c(-c4ccccc4C)cccc3-c3ccccc3-c3ccccc3)c3cccc1c32. The van der Waals surface area contributed by atoms with Crippen LogP contribution < -0.4 is 26.2 Å². The fraction of sp³-hybridized carbons (Fsp3) is 0.0294. The monoisotopic (exact) mass is 904 g/mol. The van der Waals surface area contributed by atoms with Crippen LogP contribution in [0.4, 0.5) is 34.1 Å². The fourth-order valence-electron chi connectivity index (χ4n) is 11.7. The molecule has 0 unspecified atom stereocenters. The zero-order chi connectivity index (χ0) is 47.4. The Morgan fingerprint density at radius 3 is 0.958 bits per heavy atom. The average molecular weight is 905 g/mol. The van der Waals surface area contributed by atoms with Crippen molar-refractivity contribution in [3.8, 4) is 66.8 Å². The summed E-state index contributed by atoms with van der Waals surface area (Å²) in [6, 6.07) is 96.4. The number of hydrogen-bond donors (Lipinski definition) is 0. The molecule has 0 fully saturated rings. The molecule has 0 saturated carbocycles. The number of hydrogen-bond acceptors (Lipinski definition) is 2. The quantitative estimate of drug-likeness (QED) is 0.140. The van der Waals surface area contributed by atoms with E-state index in [-0.39, 0.29) is 6.71 Å². The largest absolute Gasteiger partial charge is 0.310 e. The summed E-state index contributed by atoms with van der Waals surface area (Å²) in [7, 11) is 0. The van der Waals surface area contributed by atoms with Gasteiger partial charge in [0.1, 0.15) is 0 Å². The van der Waals surface area contributed by atoms with E-state index in [4.69, 9.17) is 0 Å². The van der Waals surface area contributed by atoms with Gasteiger partial charge in [0.05, 0.1) is 11.4 Å². The minimum absolute atomic E-state index is 0.0301. The first kappa shape index (κ1) is 42.2. The van der Waals surface area contributed by atoms with Crippen LogP contribution in [0.15, 0.2) is 261 Å². The Hall–Kier alpha value is -8.92. The third kappa shape index (κ3) is 6.96. The maximum absolute atomic E-state index is 2.61. The normalized spacial score (nSPS) is 12.3. The predicted molar refractivity (Wildman–Crippen MR) is 303 cm³/mol. The Balaban J connectivity index is 1.13. The van der Waals surface area contributed by atoms with Gasteiger partial charge in [0.15, 0.2) is 0 Å². The summed E-state index contributed by atoms with van der Waals surface area (Å²) in [6.45, 7) is 4.45. The Labute approximate surface area is 417 Å². The number of anilines is 6. The van der Waals surface area contributed by atoms with E-state index in [0.717, 1.165) is 11.4 Å². The Morgan fingerprint density at radius 1 is 0.239 bits per heavy atom. The van der Waals surface area contributed by atoms with Crippen molar-refractivity contribution in [2.24, 2.45) is 0 Å². The van der Waals surface area contributed by atoms with Crippen LogP contribution in [0.1, 0.15) is 11.1 Å². The molecule has 0 atom stereocenters. The fourth-order valence-corrected chi connectivity index (χ4v) is 11.7. The summed E-state index contributed by atoms with van der Waals surface area (Å²) in [4.78, 5) is 5.21. The number of para-hydroxylation sites is 4. The van der Waals surface area contributed by atoms with Crippen molar-refractivity contribution in [1.82, 2.24) is 0 Å². The lowest BCUT2D eigenvalue weighted by Crippen LogP contribution is -2.61. The van der Waals surface area contributed by atoms with Gasteiger partial charge in [0.25, 0.3) is 6.71 Å². The van der Waals surface area contributed by atoms with Crippen molar-refractivity contribution in [3.63, 3.8) is 0 Å². The Kier molecular flexibility index (Phi) is 10.4. The minimum atomic E-state index is -0.0301. The molecule has 0 N–H and O–H groups in total. The van der Waals surface area contributed by atoms with Gasteiger partial charge in [0.2, 0.25) is 0 Å². The second-order valence-electron chi connectivity index (χ2n) is 18.8. The van der Waals surface area contributed by atoms with E-state index >= 15 is 0 Å². The minimum Gasteiger partial charge on any atom is -0.310 e. The molecule has 2 aliphatic heterocycles. The number of benzene rings is 11. The average Bonchev–Trinajstić information content (AvgIpc) is 3.44. The topological polar surface area (TPSA) is 6.48 Å². The molecular weight excluding hydrogens is 856 g/mol. The number of aryl methyl sites for hydroxylation is 2. The number of nitrogens with zero attached hydrogens (tertiary/aromatic N) is 2. The molecule has 0 aliphatic carbocycles. The first-order valence-electron chi connectivity index (χ1n) is 24.7. The third-order valence-electron chi connectivity index (χ3n) is 14.8. The van der Waals surface area contributed by atoms with Crippen molar-refractivity contribution in [2.45, 2.75) is 13.8 Å². The molecule has 0 aromatic heterocycles. The second kappa shape index (κ2) is 17.6. The van der Waals surface area contributed by atoms with Crippen LogP contribution in [-0.4, -0.2) is 6.71 Å². The van der Waals surface area contributed by atoms with E-state index < -0.39 is 0 Å². The van der Waals surface area contributed by atoms with E-state index in [9.17, 15) is 0 Å². The first-order valence-corrected chi connectivity index (χ1v) is 24.7. The van der Waals surface area contributed by atoms with E-state index in [1.165, 1.54) is 117 Å². The molecule has 11 aromatic carbocycles. The molecule has 0 saturated heterocycles. The van der Waals surface area contributed by atoms with Gasteiger partial charge in [-0.3, -0.25) is 0 Å². The molecule has 13 rings (SSSR count). The summed E-state index contributed by atoms with van der Waals surface area (Å²) < 4.78 is 0. The zero-order valence-corrected chi connectivity index (χ0v) is 39.8. The summed E-state index contributed by atoms with van der Waals surface area (Å²) >= 11 is 0. The highest BCUT2D eigenvalue weighted by Gasteiger charge is 2.44. The maximum Gasteiger partial charge on any atom is 0.252 e. The molecule has 0 radical (unpaired) electrons. The van der Waals surface area contributed by atoms with Gasteiger partial charge in [-0.25, -0.2) is 0 Å². The standard InChI is InChI=1S/C68H49BN2/c1-46-24-9-11-30-50(46)56-36-21-38-58(54-34-15-13-32-52(54)48-26-5-3-6-27-48)67(56)70-62-42-19-17-40-60(62)69-61-41-18-20-43-63(61)71(65-45-23-44-64(70)66(65)69)68-57(51-31-12-10-25-47(51)2)37-22-39-59(68)55-35-16-14-33-53(55)49-28-7-4-8-29-49/h3-45H,1-2H3. The van der Waals surface area contributed by atoms with E-state index in [0.29, 0.717) is 0 Å².